The summed E-state index contributed by atoms with van der Waals surface area (Å²) in [5.74, 6) is 0.661. The molecule has 0 aromatic carbocycles. The highest BCUT2D eigenvalue weighted by atomic mass is 32.1. The van der Waals surface area contributed by atoms with E-state index in [0.717, 1.165) is 62.8 Å². The number of carbonyl (C=O) groups is 1. The highest BCUT2D eigenvalue weighted by molar-refractivity contribution is 7.08. The molecule has 0 spiro atoms. The molecular weight excluding hydrogens is 300 g/mol. The smallest absolute Gasteiger partial charge is 0.267 e. The van der Waals surface area contributed by atoms with Gasteiger partial charge in [0, 0.05) is 32.2 Å². The molecule has 0 unspecified atom stereocenters. The summed E-state index contributed by atoms with van der Waals surface area (Å²) < 4.78 is 9.41. The molecule has 0 saturated carbocycles. The van der Waals surface area contributed by atoms with Crippen LogP contribution in [0, 0.1) is 5.92 Å². The van der Waals surface area contributed by atoms with Crippen molar-refractivity contribution < 1.29 is 9.53 Å². The molecule has 3 rings (SSSR count). The quantitative estimate of drug-likeness (QED) is 0.835. The molecule has 2 aliphatic rings. The summed E-state index contributed by atoms with van der Waals surface area (Å²) in [7, 11) is 0. The van der Waals surface area contributed by atoms with Gasteiger partial charge >= 0.3 is 0 Å². The van der Waals surface area contributed by atoms with Crippen molar-refractivity contribution in [3.8, 4) is 0 Å². The van der Waals surface area contributed by atoms with Crippen LogP contribution in [0.1, 0.15) is 35.6 Å². The van der Waals surface area contributed by atoms with E-state index in [-0.39, 0.29) is 5.91 Å². The lowest BCUT2D eigenvalue weighted by atomic mass is 9.99. The largest absolute Gasteiger partial charge is 0.379 e. The van der Waals surface area contributed by atoms with Gasteiger partial charge < -0.3 is 9.64 Å². The van der Waals surface area contributed by atoms with Crippen molar-refractivity contribution in [3.63, 3.8) is 0 Å². The van der Waals surface area contributed by atoms with E-state index in [1.165, 1.54) is 11.5 Å². The van der Waals surface area contributed by atoms with Crippen molar-refractivity contribution in [3.05, 3.63) is 10.6 Å². The molecule has 2 atom stereocenters. The Bertz CT molecular complexity index is 515. The van der Waals surface area contributed by atoms with E-state index in [9.17, 15) is 4.79 Å². The predicted molar refractivity (Wildman–Crippen MR) is 85.2 cm³/mol. The molecule has 1 amide bonds. The van der Waals surface area contributed by atoms with E-state index < -0.39 is 0 Å². The molecule has 3 heterocycles. The minimum atomic E-state index is 0.112. The number of amides is 1. The van der Waals surface area contributed by atoms with Crippen molar-refractivity contribution in [2.24, 2.45) is 5.92 Å². The van der Waals surface area contributed by atoms with Crippen LogP contribution >= 0.6 is 11.5 Å². The molecule has 2 aliphatic heterocycles. The van der Waals surface area contributed by atoms with E-state index in [1.807, 2.05) is 11.8 Å². The third-order valence-electron chi connectivity index (χ3n) is 4.82. The van der Waals surface area contributed by atoms with Gasteiger partial charge in [0.2, 0.25) is 0 Å². The molecule has 2 fully saturated rings. The molecule has 22 heavy (non-hydrogen) atoms. The molecule has 122 valence electrons. The molecule has 0 aliphatic carbocycles. The Kier molecular flexibility index (Phi) is 5.05. The zero-order valence-electron chi connectivity index (χ0n) is 13.3. The van der Waals surface area contributed by atoms with Crippen molar-refractivity contribution in [2.45, 2.75) is 32.7 Å². The van der Waals surface area contributed by atoms with Gasteiger partial charge in [-0.3, -0.25) is 9.69 Å². The van der Waals surface area contributed by atoms with E-state index in [2.05, 4.69) is 21.4 Å². The second-order valence-electron chi connectivity index (χ2n) is 6.00. The Labute approximate surface area is 135 Å². The molecule has 0 bridgehead atoms. The van der Waals surface area contributed by atoms with Crippen LogP contribution in [0.3, 0.4) is 0 Å². The van der Waals surface area contributed by atoms with Crippen LogP contribution in [0.5, 0.6) is 0 Å². The number of ether oxygens (including phenoxy) is 1. The van der Waals surface area contributed by atoms with Crippen LogP contribution < -0.4 is 0 Å². The molecule has 6 nitrogen and oxygen atoms in total. The number of rotatable bonds is 4. The summed E-state index contributed by atoms with van der Waals surface area (Å²) in [6.07, 6.45) is 1.86. The van der Waals surface area contributed by atoms with Crippen molar-refractivity contribution >= 4 is 17.4 Å². The number of aryl methyl sites for hydroxylation is 1. The van der Waals surface area contributed by atoms with E-state index in [1.54, 1.807) is 0 Å². The summed E-state index contributed by atoms with van der Waals surface area (Å²) in [4.78, 5) is 18.0. The monoisotopic (exact) mass is 324 g/mol. The number of likely N-dealkylation sites (tertiary alicyclic amines) is 1. The number of aromatic nitrogens is 2. The topological polar surface area (TPSA) is 58.6 Å². The standard InChI is InChI=1S/C15H24N4O2S/c1-3-11-9-19(10-13(11)18-5-7-21-8-6-18)15(20)14-12(4-2)16-17-22-14/h11,13H,3-10H2,1-2H3/t11-,13-/m1/s1. The third kappa shape index (κ3) is 3.02. The average Bonchev–Trinajstić information content (AvgIpc) is 3.21. The fourth-order valence-electron chi connectivity index (χ4n) is 3.49. The second-order valence-corrected chi connectivity index (χ2v) is 6.75. The van der Waals surface area contributed by atoms with Gasteiger partial charge in [-0.05, 0) is 23.9 Å². The maximum absolute atomic E-state index is 12.8. The minimum absolute atomic E-state index is 0.112. The van der Waals surface area contributed by atoms with Gasteiger partial charge in [-0.25, -0.2) is 0 Å². The Hall–Kier alpha value is -1.05. The van der Waals surface area contributed by atoms with Crippen molar-refractivity contribution in [1.29, 1.82) is 0 Å². The molecule has 1 aromatic rings. The normalized spacial score (nSPS) is 26.5. The number of hydrogen-bond donors (Lipinski definition) is 0. The number of hydrogen-bond acceptors (Lipinski definition) is 6. The first-order valence-corrected chi connectivity index (χ1v) is 8.94. The zero-order valence-corrected chi connectivity index (χ0v) is 14.1. The van der Waals surface area contributed by atoms with Crippen LogP contribution in [-0.4, -0.2) is 70.7 Å². The molecular formula is C15H24N4O2S. The summed E-state index contributed by atoms with van der Waals surface area (Å²) >= 11 is 1.23. The SMILES string of the molecule is CCc1nnsc1C(=O)N1C[C@@H](CC)[C@H](N2CCOCC2)C1. The minimum Gasteiger partial charge on any atom is -0.379 e. The maximum atomic E-state index is 12.8. The van der Waals surface area contributed by atoms with Gasteiger partial charge in [-0.15, -0.1) is 5.10 Å². The Morgan fingerprint density at radius 2 is 2.09 bits per heavy atom. The fourth-order valence-corrected chi connectivity index (χ4v) is 4.21. The Morgan fingerprint density at radius 3 is 2.77 bits per heavy atom. The van der Waals surface area contributed by atoms with Gasteiger partial charge in [0.1, 0.15) is 4.88 Å². The zero-order chi connectivity index (χ0) is 15.5. The molecule has 0 N–H and O–H groups in total. The number of nitrogens with zero attached hydrogens (tertiary/aromatic N) is 4. The summed E-state index contributed by atoms with van der Waals surface area (Å²) in [5.41, 5.74) is 0.831. The summed E-state index contributed by atoms with van der Waals surface area (Å²) in [6, 6.07) is 0.462. The van der Waals surface area contributed by atoms with E-state index in [0.29, 0.717) is 12.0 Å². The Balaban J connectivity index is 1.72. The number of morpholine rings is 1. The fraction of sp³-hybridized carbons (Fsp3) is 0.800. The number of carbonyl (C=O) groups excluding carboxylic acids is 1. The highest BCUT2D eigenvalue weighted by Gasteiger charge is 2.39. The van der Waals surface area contributed by atoms with Crippen molar-refractivity contribution in [1.82, 2.24) is 19.4 Å². The second kappa shape index (κ2) is 7.02. The van der Waals surface area contributed by atoms with Gasteiger partial charge in [-0.2, -0.15) is 0 Å². The van der Waals surface area contributed by atoms with Crippen molar-refractivity contribution in [2.75, 3.05) is 39.4 Å². The first-order chi connectivity index (χ1) is 10.7. The summed E-state index contributed by atoms with van der Waals surface area (Å²) in [5, 5.41) is 4.07. The lowest BCUT2D eigenvalue weighted by Crippen LogP contribution is -2.47. The van der Waals surface area contributed by atoms with E-state index in [4.69, 9.17) is 4.74 Å². The lowest BCUT2D eigenvalue weighted by molar-refractivity contribution is 0.0103. The van der Waals surface area contributed by atoms with Gasteiger partial charge in [0.25, 0.3) is 5.91 Å². The van der Waals surface area contributed by atoms with E-state index >= 15 is 0 Å². The first-order valence-electron chi connectivity index (χ1n) is 8.16. The average molecular weight is 324 g/mol. The first kappa shape index (κ1) is 15.8. The molecule has 0 radical (unpaired) electrons. The molecule has 1 aromatic heterocycles. The lowest BCUT2D eigenvalue weighted by Gasteiger charge is -2.34. The summed E-state index contributed by atoms with van der Waals surface area (Å²) in [6.45, 7) is 9.47. The van der Waals surface area contributed by atoms with Crippen LogP contribution in [0.4, 0.5) is 0 Å². The van der Waals surface area contributed by atoms with Crippen LogP contribution in [0.2, 0.25) is 0 Å². The molecule has 7 heteroatoms. The van der Waals surface area contributed by atoms with Crippen LogP contribution in [0.25, 0.3) is 0 Å². The molecule has 2 saturated heterocycles. The van der Waals surface area contributed by atoms with Crippen LogP contribution in [0.15, 0.2) is 0 Å². The van der Waals surface area contributed by atoms with Crippen LogP contribution in [-0.2, 0) is 11.2 Å². The predicted octanol–water partition coefficient (Wildman–Crippen LogP) is 1.28. The highest BCUT2D eigenvalue weighted by Crippen LogP contribution is 2.28. The van der Waals surface area contributed by atoms with Gasteiger partial charge in [0.15, 0.2) is 0 Å². The van der Waals surface area contributed by atoms with Gasteiger partial charge in [0.05, 0.1) is 18.9 Å². The maximum Gasteiger partial charge on any atom is 0.267 e. The van der Waals surface area contributed by atoms with Gasteiger partial charge in [-0.1, -0.05) is 24.8 Å². The Morgan fingerprint density at radius 1 is 1.32 bits per heavy atom. The third-order valence-corrected chi connectivity index (χ3v) is 5.57.